The number of phosphoric ester groups is 2. The average molecular weight is 1370 g/mol. The lowest BCUT2D eigenvalue weighted by molar-refractivity contribution is -0.161. The highest BCUT2D eigenvalue weighted by molar-refractivity contribution is 7.47. The van der Waals surface area contributed by atoms with E-state index in [-0.39, 0.29) is 25.7 Å². The van der Waals surface area contributed by atoms with Gasteiger partial charge in [0.2, 0.25) is 0 Å². The normalized spacial score (nSPS) is 14.3. The Morgan fingerprint density at radius 1 is 0.301 bits per heavy atom. The summed E-state index contributed by atoms with van der Waals surface area (Å²) in [6, 6.07) is 0. The van der Waals surface area contributed by atoms with Crippen LogP contribution in [0.3, 0.4) is 0 Å². The van der Waals surface area contributed by atoms with Gasteiger partial charge in [0.05, 0.1) is 26.4 Å². The molecule has 0 aliphatic rings. The minimum absolute atomic E-state index is 0.107. The zero-order valence-electron chi connectivity index (χ0n) is 60.4. The van der Waals surface area contributed by atoms with Crippen LogP contribution < -0.4 is 0 Å². The Kier molecular flexibility index (Phi) is 65.9. The number of carbonyl (C=O) groups is 4. The first-order valence-corrected chi connectivity index (χ1v) is 41.7. The van der Waals surface area contributed by atoms with E-state index in [0.717, 1.165) is 109 Å². The summed E-state index contributed by atoms with van der Waals surface area (Å²) < 4.78 is 68.3. The summed E-state index contributed by atoms with van der Waals surface area (Å²) in [5, 5.41) is 10.6. The molecule has 17 nitrogen and oxygen atoms in total. The summed E-state index contributed by atoms with van der Waals surface area (Å²) in [4.78, 5) is 72.5. The van der Waals surface area contributed by atoms with Crippen LogP contribution in [0, 0.1) is 5.92 Å². The molecule has 0 aromatic heterocycles. The fourth-order valence-corrected chi connectivity index (χ4v) is 12.9. The molecule has 19 heteroatoms. The molecule has 3 N–H and O–H groups in total. The molecule has 0 amide bonds. The highest BCUT2D eigenvalue weighted by Crippen LogP contribution is 2.45. The highest BCUT2D eigenvalue weighted by Gasteiger charge is 2.30. The van der Waals surface area contributed by atoms with Crippen molar-refractivity contribution in [2.24, 2.45) is 5.92 Å². The largest absolute Gasteiger partial charge is 0.472 e. The summed E-state index contributed by atoms with van der Waals surface area (Å²) in [5.74, 6) is -1.35. The van der Waals surface area contributed by atoms with Gasteiger partial charge in [-0.3, -0.25) is 37.3 Å². The molecule has 0 saturated heterocycles. The van der Waals surface area contributed by atoms with E-state index in [9.17, 15) is 43.2 Å². The van der Waals surface area contributed by atoms with Crippen LogP contribution in [0.15, 0.2) is 0 Å². The van der Waals surface area contributed by atoms with Gasteiger partial charge in [0.1, 0.15) is 19.3 Å². The first kappa shape index (κ1) is 91.1. The lowest BCUT2D eigenvalue weighted by Crippen LogP contribution is -2.30. The van der Waals surface area contributed by atoms with Crippen LogP contribution >= 0.6 is 15.6 Å². The number of unbranched alkanes of at least 4 members (excludes halogenated alkanes) is 45. The van der Waals surface area contributed by atoms with Gasteiger partial charge in [-0.05, 0) is 31.6 Å². The van der Waals surface area contributed by atoms with E-state index in [1.54, 1.807) is 0 Å². The number of rotatable bonds is 74. The molecule has 0 bridgehead atoms. The summed E-state index contributed by atoms with van der Waals surface area (Å²) in [6.45, 7) is 7.23. The van der Waals surface area contributed by atoms with Gasteiger partial charge in [-0.1, -0.05) is 336 Å². The van der Waals surface area contributed by atoms with Crippen LogP contribution in [0.25, 0.3) is 0 Å². The summed E-state index contributed by atoms with van der Waals surface area (Å²) in [6.07, 6.45) is 55.7. The molecule has 0 spiro atoms. The minimum Gasteiger partial charge on any atom is -0.462 e. The standard InChI is InChI=1S/C74H144O17P2/c1-6-10-13-16-19-21-23-25-26-27-28-29-30-31-32-33-34-36-38-45-50-55-60-74(79)91-70(64-85-72(77)58-53-48-43-40-39-42-46-51-56-67(5)9-4)66-89-93(82,83)87-62-68(75)61-86-92(80,81)88-65-69(63-84-71(76)57-52-47-41-18-15-12-8-3)90-73(78)59-54-49-44-37-35-24-22-20-17-14-11-7-2/h67-70,75H,6-66H2,1-5H3,(H,80,81)(H,82,83)/t67?,68-,69+,70+/m0/s1. The maximum Gasteiger partial charge on any atom is 0.472 e. The van der Waals surface area contributed by atoms with Crippen molar-refractivity contribution in [3.63, 3.8) is 0 Å². The predicted molar refractivity (Wildman–Crippen MR) is 377 cm³/mol. The number of carbonyl (C=O) groups excluding carboxylic acids is 4. The Morgan fingerprint density at radius 3 is 0.763 bits per heavy atom. The number of hydrogen-bond donors (Lipinski definition) is 3. The minimum atomic E-state index is -4.95. The van der Waals surface area contributed by atoms with E-state index in [0.29, 0.717) is 25.7 Å². The lowest BCUT2D eigenvalue weighted by atomic mass is 9.99. The second-order valence-electron chi connectivity index (χ2n) is 26.9. The molecular weight excluding hydrogens is 1220 g/mol. The molecule has 6 atom stereocenters. The van der Waals surface area contributed by atoms with Crippen molar-refractivity contribution < 1.29 is 80.2 Å². The van der Waals surface area contributed by atoms with Crippen LogP contribution in [-0.4, -0.2) is 96.7 Å². The Balaban J connectivity index is 5.13. The van der Waals surface area contributed by atoms with E-state index in [2.05, 4.69) is 34.6 Å². The van der Waals surface area contributed by atoms with E-state index in [1.165, 1.54) is 199 Å². The molecule has 0 aromatic rings. The topological polar surface area (TPSA) is 237 Å². The summed E-state index contributed by atoms with van der Waals surface area (Å²) in [7, 11) is -9.90. The van der Waals surface area contributed by atoms with Crippen LogP contribution in [0.2, 0.25) is 0 Å². The van der Waals surface area contributed by atoms with Gasteiger partial charge in [0.15, 0.2) is 12.2 Å². The van der Waals surface area contributed by atoms with Crippen molar-refractivity contribution in [3.05, 3.63) is 0 Å². The Labute approximate surface area is 568 Å². The number of esters is 4. The zero-order valence-corrected chi connectivity index (χ0v) is 62.2. The monoisotopic (exact) mass is 1370 g/mol. The van der Waals surface area contributed by atoms with Gasteiger partial charge in [-0.25, -0.2) is 9.13 Å². The third-order valence-electron chi connectivity index (χ3n) is 17.6. The predicted octanol–water partition coefficient (Wildman–Crippen LogP) is 21.7. The number of phosphoric acid groups is 2. The maximum atomic E-state index is 13.1. The van der Waals surface area contributed by atoms with Gasteiger partial charge in [0.25, 0.3) is 0 Å². The first-order chi connectivity index (χ1) is 45.1. The van der Waals surface area contributed by atoms with Crippen molar-refractivity contribution in [3.8, 4) is 0 Å². The van der Waals surface area contributed by atoms with Crippen molar-refractivity contribution in [1.29, 1.82) is 0 Å². The van der Waals surface area contributed by atoms with Gasteiger partial charge >= 0.3 is 39.5 Å². The summed E-state index contributed by atoms with van der Waals surface area (Å²) >= 11 is 0. The fourth-order valence-electron chi connectivity index (χ4n) is 11.3. The third-order valence-corrected chi connectivity index (χ3v) is 19.5. The van der Waals surface area contributed by atoms with Gasteiger partial charge in [0, 0.05) is 25.7 Å². The molecule has 0 radical (unpaired) electrons. The molecule has 0 heterocycles. The lowest BCUT2D eigenvalue weighted by Gasteiger charge is -2.21. The Morgan fingerprint density at radius 2 is 0.516 bits per heavy atom. The zero-order chi connectivity index (χ0) is 68.4. The van der Waals surface area contributed by atoms with Crippen molar-refractivity contribution in [1.82, 2.24) is 0 Å². The quantitative estimate of drug-likeness (QED) is 0.0222. The molecule has 3 unspecified atom stereocenters. The summed E-state index contributed by atoms with van der Waals surface area (Å²) in [5.41, 5.74) is 0. The van der Waals surface area contributed by atoms with E-state index >= 15 is 0 Å². The molecule has 93 heavy (non-hydrogen) atoms. The van der Waals surface area contributed by atoms with Crippen LogP contribution in [-0.2, 0) is 65.4 Å². The van der Waals surface area contributed by atoms with Crippen molar-refractivity contribution in [2.75, 3.05) is 39.6 Å². The SMILES string of the molecule is CCCCCCCCCCCCCCCCCCCCCCCCC(=O)O[C@H](COC(=O)CCCCCCCCCCC(C)CC)COP(=O)(O)OC[C@@H](O)COP(=O)(O)OC[C@@H](COC(=O)CCCCCCCCC)OC(=O)CCCCCCCCCCCCCC. The molecule has 0 aliphatic carbocycles. The molecule has 0 rings (SSSR count). The number of ether oxygens (including phenoxy) is 4. The second kappa shape index (κ2) is 67.3. The number of hydrogen-bond acceptors (Lipinski definition) is 15. The smallest absolute Gasteiger partial charge is 0.462 e. The van der Waals surface area contributed by atoms with Crippen LogP contribution in [0.5, 0.6) is 0 Å². The highest BCUT2D eigenvalue weighted by atomic mass is 31.2. The molecule has 0 aliphatic heterocycles. The van der Waals surface area contributed by atoms with Crippen molar-refractivity contribution >= 4 is 39.5 Å². The molecule has 552 valence electrons. The Hall–Kier alpha value is -1.94. The second-order valence-corrected chi connectivity index (χ2v) is 29.8. The van der Waals surface area contributed by atoms with Gasteiger partial charge in [-0.15, -0.1) is 0 Å². The average Bonchev–Trinajstić information content (AvgIpc) is 2.45. The molecule has 0 fully saturated rings. The maximum absolute atomic E-state index is 13.1. The first-order valence-electron chi connectivity index (χ1n) is 38.7. The van der Waals surface area contributed by atoms with Crippen LogP contribution in [0.1, 0.15) is 388 Å². The molecular formula is C74H144O17P2. The van der Waals surface area contributed by atoms with E-state index < -0.39 is 97.5 Å². The number of aliphatic hydroxyl groups excluding tert-OH is 1. The third kappa shape index (κ3) is 67.0. The van der Waals surface area contributed by atoms with Crippen molar-refractivity contribution in [2.45, 2.75) is 406 Å². The molecule has 0 aromatic carbocycles. The van der Waals surface area contributed by atoms with Gasteiger partial charge < -0.3 is 33.8 Å². The van der Waals surface area contributed by atoms with Gasteiger partial charge in [-0.2, -0.15) is 0 Å². The van der Waals surface area contributed by atoms with E-state index in [1.807, 2.05) is 0 Å². The Bertz CT molecular complexity index is 1790. The fraction of sp³-hybridized carbons (Fsp3) is 0.946. The van der Waals surface area contributed by atoms with Crippen LogP contribution in [0.4, 0.5) is 0 Å². The number of aliphatic hydroxyl groups is 1. The molecule has 0 saturated carbocycles. The van der Waals surface area contributed by atoms with E-state index in [4.69, 9.17) is 37.0 Å².